The molecule has 9 nitrogen and oxygen atoms in total. The van der Waals surface area contributed by atoms with E-state index >= 15 is 4.79 Å². The van der Waals surface area contributed by atoms with Gasteiger partial charge in [-0.25, -0.2) is 0 Å². The molecule has 9 heteroatoms. The Morgan fingerprint density at radius 3 is 1.98 bits per heavy atom. The summed E-state index contributed by atoms with van der Waals surface area (Å²) in [5, 5.41) is 18.9. The number of esters is 1. The van der Waals surface area contributed by atoms with Crippen molar-refractivity contribution in [3.63, 3.8) is 0 Å². The van der Waals surface area contributed by atoms with Crippen LogP contribution in [-0.4, -0.2) is 60.8 Å². The lowest BCUT2D eigenvalue weighted by molar-refractivity contribution is -0.253. The number of rotatable bonds is 7. The molecular weight excluding hydrogens is 761 g/mol. The summed E-state index contributed by atoms with van der Waals surface area (Å²) in [5.74, 6) is 3.93. The zero-order valence-corrected chi connectivity index (χ0v) is 39.8. The molecule has 2 saturated heterocycles. The highest BCUT2D eigenvalue weighted by Crippen LogP contribution is 2.79. The van der Waals surface area contributed by atoms with Gasteiger partial charge in [0.25, 0.3) is 0 Å². The average Bonchev–Trinajstić information content (AvgIpc) is 3.47. The monoisotopic (exact) mass is 841 g/mol. The van der Waals surface area contributed by atoms with E-state index in [1.54, 1.807) is 0 Å². The normalized spacial score (nSPS) is 47.3. The van der Waals surface area contributed by atoms with Crippen molar-refractivity contribution < 1.29 is 24.2 Å². The summed E-state index contributed by atoms with van der Waals surface area (Å²) in [6, 6.07) is 1.01. The molecular formula is C52H80N4O5. The summed E-state index contributed by atoms with van der Waals surface area (Å²) in [7, 11) is 0. The van der Waals surface area contributed by atoms with Crippen LogP contribution in [0.1, 0.15) is 202 Å². The molecule has 9 aliphatic rings. The Hall–Kier alpha value is -2.45. The van der Waals surface area contributed by atoms with Gasteiger partial charge in [-0.3, -0.25) is 14.4 Å². The quantitative estimate of drug-likeness (QED) is 0.272. The third kappa shape index (κ3) is 5.63. The minimum Gasteiger partial charge on any atom is -0.481 e. The maximum Gasteiger partial charge on any atom is 0.309 e. The summed E-state index contributed by atoms with van der Waals surface area (Å²) in [4.78, 5) is 44.0. The lowest BCUT2D eigenvalue weighted by atomic mass is 9.32. The van der Waals surface area contributed by atoms with E-state index in [4.69, 9.17) is 4.74 Å². The van der Waals surface area contributed by atoms with Crippen LogP contribution in [0.15, 0.2) is 0 Å². The average molecular weight is 841 g/mol. The highest BCUT2D eigenvalue weighted by molar-refractivity contribution is 5.85. The van der Waals surface area contributed by atoms with E-state index in [0.29, 0.717) is 71.4 Å². The van der Waals surface area contributed by atoms with Gasteiger partial charge in [0, 0.05) is 29.5 Å². The van der Waals surface area contributed by atoms with E-state index in [2.05, 4.69) is 82.0 Å². The van der Waals surface area contributed by atoms with Gasteiger partial charge in [0.1, 0.15) is 17.8 Å². The fourth-order valence-electron chi connectivity index (χ4n) is 18.6. The third-order valence-corrected chi connectivity index (χ3v) is 22.6. The first kappa shape index (κ1) is 42.5. The highest BCUT2D eigenvalue weighted by Gasteiger charge is 2.74. The number of carbonyl (C=O) groups is 3. The minimum atomic E-state index is -0.806. The Kier molecular flexibility index (Phi) is 9.44. The van der Waals surface area contributed by atoms with Gasteiger partial charge in [-0.15, -0.1) is 10.2 Å². The molecule has 10 rings (SSSR count). The van der Waals surface area contributed by atoms with Crippen molar-refractivity contribution in [3.05, 3.63) is 11.6 Å². The topological polar surface area (TPSA) is 115 Å². The van der Waals surface area contributed by atoms with Crippen molar-refractivity contribution in [2.24, 2.45) is 79.3 Å². The van der Waals surface area contributed by atoms with Crippen LogP contribution in [0.25, 0.3) is 0 Å². The molecule has 0 aromatic carbocycles. The van der Waals surface area contributed by atoms with Gasteiger partial charge in [0.2, 0.25) is 5.91 Å². The van der Waals surface area contributed by atoms with Gasteiger partial charge in [-0.1, -0.05) is 69.2 Å². The van der Waals surface area contributed by atoms with Crippen LogP contribution in [0.4, 0.5) is 0 Å². The Bertz CT molecular complexity index is 1970. The Balaban J connectivity index is 0.909. The molecule has 0 radical (unpaired) electrons. The molecule has 2 aliphatic heterocycles. The fraction of sp³-hybridized carbons (Fsp3) is 0.904. The number of nitrogens with zero attached hydrogens (tertiary/aromatic N) is 4. The molecule has 1 amide bonds. The number of carboxylic acids is 1. The van der Waals surface area contributed by atoms with Crippen LogP contribution in [0.3, 0.4) is 0 Å². The molecule has 15 atom stereocenters. The molecule has 1 N–H and O–H groups in total. The van der Waals surface area contributed by atoms with Crippen molar-refractivity contribution in [2.45, 2.75) is 215 Å². The first-order valence-corrected chi connectivity index (χ1v) is 25.2. The van der Waals surface area contributed by atoms with Gasteiger partial charge in [0.05, 0.1) is 17.3 Å². The molecule has 3 heterocycles. The molecule has 1 aromatic rings. The SMILES string of the molecule is Cc1nnc(C(C)C)n1[C@H]1C[C@H]2CC[C@@H](C1)N2C(=O)[C@]12CC[C@@H](C3(C)CC3)[C@@H]1[C@H]1CC[C@@H]3[C@@]4(C)CC[C@H](OC(=O)[C@H]5C[C@@H](C(=O)O)C5(C)C)C(C)(C)[C@@H]4CC[C@@]3(C)[C@]1(C)CC2. The molecule has 61 heavy (non-hydrogen) atoms. The van der Waals surface area contributed by atoms with Gasteiger partial charge in [-0.05, 0) is 173 Å². The second-order valence-electron chi connectivity index (χ2n) is 25.8. The lowest BCUT2D eigenvalue weighted by Crippen LogP contribution is -2.68. The molecule has 9 fully saturated rings. The number of fused-ring (bicyclic) bond motifs is 9. The number of aryl methyl sites for hydroxylation is 1. The van der Waals surface area contributed by atoms with Gasteiger partial charge < -0.3 is 19.3 Å². The number of aromatic nitrogens is 3. The van der Waals surface area contributed by atoms with Crippen LogP contribution < -0.4 is 0 Å². The molecule has 1 aromatic heterocycles. The second kappa shape index (κ2) is 13.5. The summed E-state index contributed by atoms with van der Waals surface area (Å²) >= 11 is 0. The van der Waals surface area contributed by atoms with Crippen molar-refractivity contribution in [2.75, 3.05) is 0 Å². The first-order chi connectivity index (χ1) is 28.5. The van der Waals surface area contributed by atoms with Crippen LogP contribution in [0.2, 0.25) is 0 Å². The predicted octanol–water partition coefficient (Wildman–Crippen LogP) is 10.9. The standard InChI is InChI=1S/C52H80N4O5/c1-29(2)42-54-53-30(3)55(42)33-26-31-12-13-32(27-33)56(31)45(60)52-21-16-34(48(8)22-23-48)41(52)35-14-15-39-49(9)19-18-40(61-44(59)37-28-36(43(57)58)46(37,4)5)47(6,7)38(49)17-20-51(39,11)50(35,10)24-25-52/h29,31-41H,12-28H2,1-11H3,(H,57,58)/t31-,32+,33+,34-,35-,36+,37-,38+,39-,40+,41-,49+,50-,51-,52+/m1/s1. The van der Waals surface area contributed by atoms with Gasteiger partial charge >= 0.3 is 11.9 Å². The maximum absolute atomic E-state index is 15.9. The fourth-order valence-corrected chi connectivity index (χ4v) is 18.6. The smallest absolute Gasteiger partial charge is 0.309 e. The zero-order valence-electron chi connectivity index (χ0n) is 39.8. The Labute approximate surface area is 367 Å². The van der Waals surface area contributed by atoms with Crippen molar-refractivity contribution in [1.82, 2.24) is 19.7 Å². The Morgan fingerprint density at radius 2 is 1.36 bits per heavy atom. The van der Waals surface area contributed by atoms with E-state index in [1.165, 1.54) is 44.9 Å². The van der Waals surface area contributed by atoms with Gasteiger partial charge in [-0.2, -0.15) is 0 Å². The number of carbonyl (C=O) groups excluding carboxylic acids is 2. The van der Waals surface area contributed by atoms with E-state index in [-0.39, 0.29) is 45.1 Å². The highest BCUT2D eigenvalue weighted by atomic mass is 16.5. The van der Waals surface area contributed by atoms with E-state index < -0.39 is 17.3 Å². The third-order valence-electron chi connectivity index (χ3n) is 22.6. The number of ether oxygens (including phenoxy) is 1. The maximum atomic E-state index is 15.9. The number of piperidine rings is 1. The first-order valence-electron chi connectivity index (χ1n) is 25.2. The molecule has 7 aliphatic carbocycles. The summed E-state index contributed by atoms with van der Waals surface area (Å²) in [6.07, 6.45) is 18.6. The number of aliphatic carboxylic acids is 1. The Morgan fingerprint density at radius 1 is 0.672 bits per heavy atom. The molecule has 2 bridgehead atoms. The van der Waals surface area contributed by atoms with E-state index in [9.17, 15) is 14.7 Å². The molecule has 7 saturated carbocycles. The molecule has 0 unspecified atom stereocenters. The number of carboxylic acid groups (broad SMARTS) is 1. The van der Waals surface area contributed by atoms with Crippen molar-refractivity contribution in [3.8, 4) is 0 Å². The minimum absolute atomic E-state index is 0.146. The van der Waals surface area contributed by atoms with Crippen molar-refractivity contribution in [1.29, 1.82) is 0 Å². The lowest BCUT2D eigenvalue weighted by Gasteiger charge is -2.73. The largest absolute Gasteiger partial charge is 0.481 e. The van der Waals surface area contributed by atoms with Crippen LogP contribution in [0.5, 0.6) is 0 Å². The summed E-state index contributed by atoms with van der Waals surface area (Å²) < 4.78 is 8.94. The number of amides is 1. The number of hydrogen-bond acceptors (Lipinski definition) is 6. The van der Waals surface area contributed by atoms with E-state index in [0.717, 1.165) is 69.4 Å². The van der Waals surface area contributed by atoms with Crippen LogP contribution in [-0.2, 0) is 19.1 Å². The summed E-state index contributed by atoms with van der Waals surface area (Å²) in [6.45, 7) is 25.8. The summed E-state index contributed by atoms with van der Waals surface area (Å²) in [5.41, 5.74) is -0.0533. The number of hydrogen-bond donors (Lipinski definition) is 1. The predicted molar refractivity (Wildman–Crippen MR) is 235 cm³/mol. The molecule has 338 valence electrons. The van der Waals surface area contributed by atoms with Crippen LogP contribution in [0, 0.1) is 86.3 Å². The second-order valence-corrected chi connectivity index (χ2v) is 25.8. The van der Waals surface area contributed by atoms with Crippen LogP contribution >= 0.6 is 0 Å². The molecule has 0 spiro atoms. The zero-order chi connectivity index (χ0) is 43.6. The van der Waals surface area contributed by atoms with Gasteiger partial charge in [0.15, 0.2) is 0 Å². The van der Waals surface area contributed by atoms with E-state index in [1.807, 2.05) is 13.8 Å². The van der Waals surface area contributed by atoms with Crippen molar-refractivity contribution >= 4 is 17.8 Å².